The second-order valence-corrected chi connectivity index (χ2v) is 10.0. The van der Waals surface area contributed by atoms with Gasteiger partial charge in [0.2, 0.25) is 15.9 Å². The summed E-state index contributed by atoms with van der Waals surface area (Å²) in [6, 6.07) is 3.23. The summed E-state index contributed by atoms with van der Waals surface area (Å²) in [7, 11) is -2.14. The van der Waals surface area contributed by atoms with Gasteiger partial charge in [-0.1, -0.05) is 13.3 Å². The van der Waals surface area contributed by atoms with E-state index in [-0.39, 0.29) is 41.3 Å². The van der Waals surface area contributed by atoms with Gasteiger partial charge in [0.1, 0.15) is 0 Å². The molecule has 0 spiro atoms. The lowest BCUT2D eigenvalue weighted by atomic mass is 9.97. The number of carbonyl (C=O) groups excluding carboxylic acids is 1. The fraction of sp³-hybridized carbons (Fsp3) is 0.650. The number of nitrogens with one attached hydrogen (secondary N) is 2. The van der Waals surface area contributed by atoms with Crippen LogP contribution in [0.5, 0.6) is 0 Å². The average molecular weight is 448 g/mol. The van der Waals surface area contributed by atoms with Crippen molar-refractivity contribution in [3.05, 3.63) is 29.8 Å². The molecule has 0 radical (unpaired) electrons. The highest BCUT2D eigenvalue weighted by Gasteiger charge is 2.47. The molecule has 1 aliphatic heterocycles. The van der Waals surface area contributed by atoms with Crippen LogP contribution in [0.1, 0.15) is 38.2 Å². The molecular weight excluding hydrogens is 419 g/mol. The predicted octanol–water partition coefficient (Wildman–Crippen LogP) is 2.61. The SMILES string of the molecule is CCC[C@H](NC)C(=O)N[C@@H]1CC[C@@H]2CN(S(=O)(=O)c3ccc(C(F)(F)F)cc3)C[C@@H]21. The Morgan fingerprint density at radius 2 is 1.87 bits per heavy atom. The van der Waals surface area contributed by atoms with Crippen LogP contribution >= 0.6 is 0 Å². The number of fused-ring (bicyclic) bond motifs is 1. The summed E-state index contributed by atoms with van der Waals surface area (Å²) >= 11 is 0. The van der Waals surface area contributed by atoms with Crippen LogP contribution in [-0.2, 0) is 21.0 Å². The van der Waals surface area contributed by atoms with Gasteiger partial charge in [0, 0.05) is 19.1 Å². The molecule has 0 aromatic heterocycles. The molecule has 1 aliphatic carbocycles. The third-order valence-corrected chi connectivity index (χ3v) is 8.06. The molecule has 3 rings (SSSR count). The van der Waals surface area contributed by atoms with E-state index in [2.05, 4.69) is 10.6 Å². The molecule has 0 bridgehead atoms. The molecule has 168 valence electrons. The zero-order valence-corrected chi connectivity index (χ0v) is 17.9. The van der Waals surface area contributed by atoms with Gasteiger partial charge < -0.3 is 10.6 Å². The number of likely N-dealkylation sites (N-methyl/N-ethyl adjacent to an activating group) is 1. The molecule has 1 saturated carbocycles. The molecule has 4 atom stereocenters. The summed E-state index contributed by atoms with van der Waals surface area (Å²) in [6.07, 6.45) is -1.31. The number of benzene rings is 1. The van der Waals surface area contributed by atoms with Crippen LogP contribution in [-0.4, -0.2) is 50.9 Å². The van der Waals surface area contributed by atoms with Gasteiger partial charge >= 0.3 is 6.18 Å². The molecule has 1 aromatic rings. The third-order valence-electron chi connectivity index (χ3n) is 6.21. The quantitative estimate of drug-likeness (QED) is 0.674. The Balaban J connectivity index is 1.68. The van der Waals surface area contributed by atoms with Gasteiger partial charge in [0.05, 0.1) is 16.5 Å². The van der Waals surface area contributed by atoms with Crippen molar-refractivity contribution in [2.45, 2.75) is 55.8 Å². The maximum absolute atomic E-state index is 12.9. The fourth-order valence-corrected chi connectivity index (χ4v) is 6.08. The monoisotopic (exact) mass is 447 g/mol. The Labute approximate surface area is 175 Å². The van der Waals surface area contributed by atoms with Crippen LogP contribution in [0, 0.1) is 11.8 Å². The van der Waals surface area contributed by atoms with Gasteiger partial charge in [-0.15, -0.1) is 0 Å². The highest BCUT2D eigenvalue weighted by molar-refractivity contribution is 7.89. The number of hydrogen-bond acceptors (Lipinski definition) is 4. The van der Waals surface area contributed by atoms with E-state index in [1.165, 1.54) is 4.31 Å². The van der Waals surface area contributed by atoms with Gasteiger partial charge in [-0.2, -0.15) is 17.5 Å². The summed E-state index contributed by atoms with van der Waals surface area (Å²) in [5.74, 6) is 0.0742. The van der Waals surface area contributed by atoms with E-state index in [1.807, 2.05) is 6.92 Å². The zero-order chi connectivity index (χ0) is 22.1. The average Bonchev–Trinajstić information content (AvgIpc) is 3.28. The van der Waals surface area contributed by atoms with Gasteiger partial charge in [0.15, 0.2) is 0 Å². The molecule has 1 saturated heterocycles. The van der Waals surface area contributed by atoms with Crippen LogP contribution < -0.4 is 10.6 Å². The standard InChI is InChI=1S/C20H28F3N3O3S/c1-3-4-18(24-2)19(27)25-17-10-5-13-11-26(12-16(13)17)30(28,29)15-8-6-14(7-9-15)20(21,22)23/h6-9,13,16-18,24H,3-5,10-12H2,1-2H3,(H,25,27)/t13-,16+,17-,18+/m1/s1. The molecule has 1 amide bonds. The van der Waals surface area contributed by atoms with E-state index >= 15 is 0 Å². The van der Waals surface area contributed by atoms with E-state index in [0.29, 0.717) is 6.54 Å². The molecule has 2 aliphatic rings. The first-order valence-corrected chi connectivity index (χ1v) is 11.7. The van der Waals surface area contributed by atoms with E-state index in [1.54, 1.807) is 7.05 Å². The second kappa shape index (κ2) is 8.84. The molecule has 1 heterocycles. The lowest BCUT2D eigenvalue weighted by molar-refractivity contribution is -0.137. The molecule has 10 heteroatoms. The van der Waals surface area contributed by atoms with Gasteiger partial charge in [-0.3, -0.25) is 4.79 Å². The minimum Gasteiger partial charge on any atom is -0.352 e. The Kier molecular flexibility index (Phi) is 6.78. The minimum absolute atomic E-state index is 0.0114. The lowest BCUT2D eigenvalue weighted by Gasteiger charge is -2.24. The Hall–Kier alpha value is -1.65. The van der Waals surface area contributed by atoms with Crippen molar-refractivity contribution in [2.75, 3.05) is 20.1 Å². The Morgan fingerprint density at radius 3 is 2.43 bits per heavy atom. The summed E-state index contributed by atoms with van der Waals surface area (Å²) in [5, 5.41) is 6.08. The summed E-state index contributed by atoms with van der Waals surface area (Å²) in [6.45, 7) is 2.59. The number of carbonyl (C=O) groups is 1. The van der Waals surface area contributed by atoms with Gasteiger partial charge in [-0.25, -0.2) is 8.42 Å². The van der Waals surface area contributed by atoms with Crippen molar-refractivity contribution >= 4 is 15.9 Å². The minimum atomic E-state index is -4.51. The fourth-order valence-electron chi connectivity index (χ4n) is 4.54. The van der Waals surface area contributed by atoms with E-state index in [4.69, 9.17) is 0 Å². The van der Waals surface area contributed by atoms with Crippen LogP contribution in [0.25, 0.3) is 0 Å². The summed E-state index contributed by atoms with van der Waals surface area (Å²) in [5.41, 5.74) is -0.881. The number of halogens is 3. The van der Waals surface area contributed by atoms with Crippen molar-refractivity contribution in [1.82, 2.24) is 14.9 Å². The second-order valence-electron chi connectivity index (χ2n) is 8.09. The molecule has 30 heavy (non-hydrogen) atoms. The number of rotatable bonds is 7. The normalized spacial score (nSPS) is 25.8. The molecule has 6 nitrogen and oxygen atoms in total. The van der Waals surface area contributed by atoms with E-state index < -0.39 is 21.8 Å². The molecule has 0 unspecified atom stereocenters. The molecule has 2 N–H and O–H groups in total. The Morgan fingerprint density at radius 1 is 1.20 bits per heavy atom. The van der Waals surface area contributed by atoms with Crippen LogP contribution in [0.2, 0.25) is 0 Å². The van der Waals surface area contributed by atoms with Crippen LogP contribution in [0.4, 0.5) is 13.2 Å². The summed E-state index contributed by atoms with van der Waals surface area (Å²) in [4.78, 5) is 12.4. The smallest absolute Gasteiger partial charge is 0.352 e. The Bertz CT molecular complexity index is 858. The van der Waals surface area contributed by atoms with Crippen molar-refractivity contribution in [3.63, 3.8) is 0 Å². The molecular formula is C20H28F3N3O3S. The van der Waals surface area contributed by atoms with E-state index in [9.17, 15) is 26.4 Å². The van der Waals surface area contributed by atoms with Gasteiger partial charge in [0.25, 0.3) is 0 Å². The maximum Gasteiger partial charge on any atom is 0.416 e. The maximum atomic E-state index is 12.9. The molecule has 2 fully saturated rings. The van der Waals surface area contributed by atoms with Crippen LogP contribution in [0.15, 0.2) is 29.2 Å². The first kappa shape index (κ1) is 23.0. The van der Waals surface area contributed by atoms with Crippen molar-refractivity contribution < 1.29 is 26.4 Å². The first-order valence-electron chi connectivity index (χ1n) is 10.2. The topological polar surface area (TPSA) is 78.5 Å². The number of hydrogen-bond donors (Lipinski definition) is 2. The van der Waals surface area contributed by atoms with E-state index in [0.717, 1.165) is 49.9 Å². The van der Waals surface area contributed by atoms with Crippen molar-refractivity contribution in [2.24, 2.45) is 11.8 Å². The first-order chi connectivity index (χ1) is 14.1. The largest absolute Gasteiger partial charge is 0.416 e. The predicted molar refractivity (Wildman–Crippen MR) is 106 cm³/mol. The number of sulfonamides is 1. The lowest BCUT2D eigenvalue weighted by Crippen LogP contribution is -2.48. The number of nitrogens with zero attached hydrogens (tertiary/aromatic N) is 1. The highest BCUT2D eigenvalue weighted by Crippen LogP contribution is 2.40. The third kappa shape index (κ3) is 4.65. The van der Waals surface area contributed by atoms with Crippen molar-refractivity contribution in [1.29, 1.82) is 0 Å². The zero-order valence-electron chi connectivity index (χ0n) is 17.1. The molecule has 1 aromatic carbocycles. The van der Waals surface area contributed by atoms with Crippen LogP contribution in [0.3, 0.4) is 0 Å². The number of alkyl halides is 3. The number of amides is 1. The van der Waals surface area contributed by atoms with Gasteiger partial charge in [-0.05, 0) is 62.4 Å². The summed E-state index contributed by atoms with van der Waals surface area (Å²) < 4.78 is 65.5. The van der Waals surface area contributed by atoms with Crippen molar-refractivity contribution in [3.8, 4) is 0 Å². The highest BCUT2D eigenvalue weighted by atomic mass is 32.2.